The Balaban J connectivity index is 1.47. The molecule has 2 heterocycles. The molecule has 0 saturated carbocycles. The number of hydrogen-bond acceptors (Lipinski definition) is 4. The van der Waals surface area contributed by atoms with Crippen LogP contribution < -0.4 is 10.6 Å². The average Bonchev–Trinajstić information content (AvgIpc) is 2.49. The Hall–Kier alpha value is -0.650. The third-order valence-corrected chi connectivity index (χ3v) is 3.85. The molecule has 2 aliphatic heterocycles. The van der Waals surface area contributed by atoms with E-state index in [0.717, 1.165) is 71.6 Å². The van der Waals surface area contributed by atoms with Gasteiger partial charge >= 0.3 is 0 Å². The van der Waals surface area contributed by atoms with E-state index in [0.29, 0.717) is 6.10 Å². The molecule has 0 unspecified atom stereocenters. The Bertz CT molecular complexity index is 261. The molecule has 2 aliphatic rings. The minimum absolute atomic E-state index is 0.152. The van der Waals surface area contributed by atoms with Crippen LogP contribution in [-0.4, -0.2) is 51.5 Å². The lowest BCUT2D eigenvalue weighted by Crippen LogP contribution is -2.35. The first-order valence-electron chi connectivity index (χ1n) is 7.54. The SMILES string of the molecule is O=C(NCCCOC1CCNCC1)C1CCOCC1. The lowest BCUT2D eigenvalue weighted by molar-refractivity contribution is -0.127. The standard InChI is InChI=1S/C14H26N2O3/c17-14(12-4-10-18-11-5-12)16-6-1-9-19-13-2-7-15-8-3-13/h12-13,15H,1-11H2,(H,16,17). The average molecular weight is 270 g/mol. The lowest BCUT2D eigenvalue weighted by atomic mass is 9.99. The van der Waals surface area contributed by atoms with Crippen molar-refractivity contribution in [2.24, 2.45) is 5.92 Å². The van der Waals surface area contributed by atoms with Crippen LogP contribution >= 0.6 is 0 Å². The summed E-state index contributed by atoms with van der Waals surface area (Å²) in [5.74, 6) is 0.337. The van der Waals surface area contributed by atoms with Crippen LogP contribution in [0.1, 0.15) is 32.1 Å². The number of amides is 1. The van der Waals surface area contributed by atoms with Crippen molar-refractivity contribution in [1.82, 2.24) is 10.6 Å². The molecule has 0 aliphatic carbocycles. The summed E-state index contributed by atoms with van der Waals surface area (Å²) >= 11 is 0. The summed E-state index contributed by atoms with van der Waals surface area (Å²) in [7, 11) is 0. The molecule has 1 amide bonds. The number of rotatable bonds is 6. The van der Waals surface area contributed by atoms with E-state index in [1.807, 2.05) is 0 Å². The highest BCUT2D eigenvalue weighted by atomic mass is 16.5. The molecule has 2 N–H and O–H groups in total. The number of hydrogen-bond donors (Lipinski definition) is 2. The van der Waals surface area contributed by atoms with E-state index in [-0.39, 0.29) is 11.8 Å². The van der Waals surface area contributed by atoms with Crippen LogP contribution in [0, 0.1) is 5.92 Å². The highest BCUT2D eigenvalue weighted by Crippen LogP contribution is 2.14. The van der Waals surface area contributed by atoms with Gasteiger partial charge in [0, 0.05) is 32.3 Å². The lowest BCUT2D eigenvalue weighted by Gasteiger charge is -2.23. The molecule has 5 nitrogen and oxygen atoms in total. The van der Waals surface area contributed by atoms with Gasteiger partial charge in [-0.3, -0.25) is 4.79 Å². The third-order valence-electron chi connectivity index (χ3n) is 3.85. The molecule has 0 spiro atoms. The molecular formula is C14H26N2O3. The van der Waals surface area contributed by atoms with Crippen LogP contribution in [0.3, 0.4) is 0 Å². The number of carbonyl (C=O) groups excluding carboxylic acids is 1. The Morgan fingerprint density at radius 3 is 2.68 bits per heavy atom. The minimum atomic E-state index is 0.152. The highest BCUT2D eigenvalue weighted by Gasteiger charge is 2.20. The van der Waals surface area contributed by atoms with Crippen LogP contribution in [0.4, 0.5) is 0 Å². The minimum Gasteiger partial charge on any atom is -0.381 e. The van der Waals surface area contributed by atoms with E-state index in [1.54, 1.807) is 0 Å². The highest BCUT2D eigenvalue weighted by molar-refractivity contribution is 5.78. The summed E-state index contributed by atoms with van der Waals surface area (Å²) in [4.78, 5) is 11.8. The fourth-order valence-electron chi connectivity index (χ4n) is 2.60. The predicted octanol–water partition coefficient (Wildman–Crippen LogP) is 0.688. The second-order valence-electron chi connectivity index (χ2n) is 5.35. The number of ether oxygens (including phenoxy) is 2. The van der Waals surface area contributed by atoms with Gasteiger partial charge in [0.05, 0.1) is 6.10 Å². The molecule has 0 aromatic heterocycles. The van der Waals surface area contributed by atoms with Gasteiger partial charge in [0.15, 0.2) is 0 Å². The fourth-order valence-corrected chi connectivity index (χ4v) is 2.60. The number of piperidine rings is 1. The van der Waals surface area contributed by atoms with E-state index in [1.165, 1.54) is 0 Å². The summed E-state index contributed by atoms with van der Waals surface area (Å²) < 4.78 is 11.1. The zero-order chi connectivity index (χ0) is 13.3. The van der Waals surface area contributed by atoms with Crippen molar-refractivity contribution in [2.45, 2.75) is 38.2 Å². The maximum atomic E-state index is 11.8. The van der Waals surface area contributed by atoms with Crippen molar-refractivity contribution < 1.29 is 14.3 Å². The molecule has 0 radical (unpaired) electrons. The first kappa shape index (κ1) is 14.8. The van der Waals surface area contributed by atoms with Crippen molar-refractivity contribution in [3.8, 4) is 0 Å². The molecule has 0 aromatic carbocycles. The van der Waals surface area contributed by atoms with E-state index < -0.39 is 0 Å². The van der Waals surface area contributed by atoms with E-state index in [4.69, 9.17) is 9.47 Å². The first-order chi connectivity index (χ1) is 9.36. The van der Waals surface area contributed by atoms with Gasteiger partial charge in [-0.2, -0.15) is 0 Å². The summed E-state index contributed by atoms with van der Waals surface area (Å²) in [5, 5.41) is 6.32. The second-order valence-corrected chi connectivity index (χ2v) is 5.35. The molecule has 0 atom stereocenters. The second kappa shape index (κ2) is 8.51. The van der Waals surface area contributed by atoms with Crippen molar-refractivity contribution in [2.75, 3.05) is 39.5 Å². The van der Waals surface area contributed by atoms with Gasteiger partial charge in [-0.25, -0.2) is 0 Å². The van der Waals surface area contributed by atoms with Crippen molar-refractivity contribution in [3.63, 3.8) is 0 Å². The molecular weight excluding hydrogens is 244 g/mol. The van der Waals surface area contributed by atoms with E-state index in [9.17, 15) is 4.79 Å². The van der Waals surface area contributed by atoms with E-state index >= 15 is 0 Å². The van der Waals surface area contributed by atoms with Crippen molar-refractivity contribution in [3.05, 3.63) is 0 Å². The largest absolute Gasteiger partial charge is 0.381 e. The normalized spacial score (nSPS) is 22.3. The Morgan fingerprint density at radius 1 is 1.21 bits per heavy atom. The Labute approximate surface area is 115 Å². The monoisotopic (exact) mass is 270 g/mol. The summed E-state index contributed by atoms with van der Waals surface area (Å²) in [5.41, 5.74) is 0. The smallest absolute Gasteiger partial charge is 0.223 e. The van der Waals surface area contributed by atoms with Gasteiger partial charge in [-0.05, 0) is 45.2 Å². The summed E-state index contributed by atoms with van der Waals surface area (Å²) in [6.07, 6.45) is 5.24. The van der Waals surface area contributed by atoms with Crippen LogP contribution in [0.2, 0.25) is 0 Å². The third kappa shape index (κ3) is 5.47. The zero-order valence-electron chi connectivity index (χ0n) is 11.7. The molecule has 2 saturated heterocycles. The zero-order valence-corrected chi connectivity index (χ0v) is 11.7. The fraction of sp³-hybridized carbons (Fsp3) is 0.929. The molecule has 0 bridgehead atoms. The van der Waals surface area contributed by atoms with Crippen molar-refractivity contribution >= 4 is 5.91 Å². The summed E-state index contributed by atoms with van der Waals surface area (Å²) in [6, 6.07) is 0. The van der Waals surface area contributed by atoms with Crippen LogP contribution in [0.5, 0.6) is 0 Å². The van der Waals surface area contributed by atoms with Gasteiger partial charge in [0.25, 0.3) is 0 Å². The molecule has 19 heavy (non-hydrogen) atoms. The summed E-state index contributed by atoms with van der Waals surface area (Å²) in [6.45, 7) is 5.03. The molecule has 2 rings (SSSR count). The molecule has 110 valence electrons. The van der Waals surface area contributed by atoms with Gasteiger partial charge in [-0.1, -0.05) is 0 Å². The maximum Gasteiger partial charge on any atom is 0.223 e. The Kier molecular flexibility index (Phi) is 6.61. The van der Waals surface area contributed by atoms with E-state index in [2.05, 4.69) is 10.6 Å². The van der Waals surface area contributed by atoms with Gasteiger partial charge in [0.2, 0.25) is 5.91 Å². The first-order valence-corrected chi connectivity index (χ1v) is 7.54. The molecule has 5 heteroatoms. The van der Waals surface area contributed by atoms with Crippen LogP contribution in [0.15, 0.2) is 0 Å². The molecule has 2 fully saturated rings. The quantitative estimate of drug-likeness (QED) is 0.697. The maximum absolute atomic E-state index is 11.8. The molecule has 0 aromatic rings. The Morgan fingerprint density at radius 2 is 1.95 bits per heavy atom. The predicted molar refractivity (Wildman–Crippen MR) is 73.0 cm³/mol. The van der Waals surface area contributed by atoms with Gasteiger partial charge < -0.3 is 20.1 Å². The van der Waals surface area contributed by atoms with Crippen molar-refractivity contribution in [1.29, 1.82) is 0 Å². The van der Waals surface area contributed by atoms with Gasteiger partial charge in [-0.15, -0.1) is 0 Å². The van der Waals surface area contributed by atoms with Crippen LogP contribution in [-0.2, 0) is 14.3 Å². The number of nitrogens with one attached hydrogen (secondary N) is 2. The van der Waals surface area contributed by atoms with Gasteiger partial charge in [0.1, 0.15) is 0 Å². The number of carbonyl (C=O) groups is 1. The topological polar surface area (TPSA) is 59.6 Å². The van der Waals surface area contributed by atoms with Crippen LogP contribution in [0.25, 0.3) is 0 Å².